The van der Waals surface area contributed by atoms with Crippen molar-refractivity contribution < 1.29 is 32.4 Å². The molecule has 1 aromatic rings. The Morgan fingerprint density at radius 3 is 2.55 bits per heavy atom. The van der Waals surface area contributed by atoms with Gasteiger partial charge in [-0.1, -0.05) is 0 Å². The second kappa shape index (κ2) is 5.82. The first-order valence-corrected chi connectivity index (χ1v) is 5.10. The van der Waals surface area contributed by atoms with Crippen LogP contribution in [0.1, 0.15) is 10.4 Å². The van der Waals surface area contributed by atoms with Crippen molar-refractivity contribution in [2.75, 3.05) is 6.54 Å². The van der Waals surface area contributed by atoms with Crippen molar-refractivity contribution in [3.63, 3.8) is 0 Å². The van der Waals surface area contributed by atoms with E-state index in [1.165, 1.54) is 0 Å². The largest absolute Gasteiger partial charge is 0.416 e. The number of carbonyl (C=O) groups is 1. The zero-order valence-electron chi connectivity index (χ0n) is 9.65. The van der Waals surface area contributed by atoms with Crippen LogP contribution < -0.4 is 5.32 Å². The molecular weight excluding hydrogens is 288 g/mol. The standard InChI is InChI=1S/C10H8F4N2O4/c11-6-2-1-5(3-7(6)16(19)20)9(18)15-4-8(17)10(12,13)14/h1-3,8,17H,4H2,(H,15,18). The third-order valence-corrected chi connectivity index (χ3v) is 2.24. The minimum absolute atomic E-state index is 0.396. The van der Waals surface area contributed by atoms with Crippen LogP contribution >= 0.6 is 0 Å². The first-order chi connectivity index (χ1) is 9.12. The molecule has 0 radical (unpaired) electrons. The smallest absolute Gasteiger partial charge is 0.382 e. The SMILES string of the molecule is O=C(NCC(O)C(F)(F)F)c1ccc(F)c([N+](=O)[O-])c1. The lowest BCUT2D eigenvalue weighted by Crippen LogP contribution is -2.40. The van der Waals surface area contributed by atoms with E-state index in [2.05, 4.69) is 0 Å². The van der Waals surface area contributed by atoms with Crippen molar-refractivity contribution in [2.45, 2.75) is 12.3 Å². The van der Waals surface area contributed by atoms with Crippen LogP contribution in [0, 0.1) is 15.9 Å². The summed E-state index contributed by atoms with van der Waals surface area (Å²) < 4.78 is 48.9. The highest BCUT2D eigenvalue weighted by Crippen LogP contribution is 2.20. The molecule has 0 saturated carbocycles. The molecule has 0 aliphatic heterocycles. The molecule has 1 rings (SSSR count). The fourth-order valence-corrected chi connectivity index (χ4v) is 1.20. The maximum absolute atomic E-state index is 13.0. The maximum Gasteiger partial charge on any atom is 0.416 e. The summed E-state index contributed by atoms with van der Waals surface area (Å²) in [5.74, 6) is -2.28. The number of amides is 1. The summed E-state index contributed by atoms with van der Waals surface area (Å²) >= 11 is 0. The van der Waals surface area contributed by atoms with Crippen molar-refractivity contribution in [2.24, 2.45) is 0 Å². The van der Waals surface area contributed by atoms with E-state index in [1.54, 1.807) is 5.32 Å². The zero-order chi connectivity index (χ0) is 15.5. The van der Waals surface area contributed by atoms with Gasteiger partial charge in [0.15, 0.2) is 6.10 Å². The summed E-state index contributed by atoms with van der Waals surface area (Å²) in [5, 5.41) is 20.8. The molecule has 2 N–H and O–H groups in total. The predicted octanol–water partition coefficient (Wildman–Crippen LogP) is 1.39. The molecule has 0 bridgehead atoms. The fourth-order valence-electron chi connectivity index (χ4n) is 1.20. The highest BCUT2D eigenvalue weighted by atomic mass is 19.4. The molecule has 0 aromatic heterocycles. The van der Waals surface area contributed by atoms with E-state index in [-0.39, 0.29) is 0 Å². The van der Waals surface area contributed by atoms with Gasteiger partial charge in [-0.2, -0.15) is 17.6 Å². The number of nitro benzene ring substituents is 1. The number of aliphatic hydroxyl groups excluding tert-OH is 1. The van der Waals surface area contributed by atoms with Crippen molar-refractivity contribution in [1.82, 2.24) is 5.32 Å². The molecule has 0 heterocycles. The molecule has 0 spiro atoms. The number of aliphatic hydroxyl groups is 1. The van der Waals surface area contributed by atoms with E-state index < -0.39 is 46.7 Å². The highest BCUT2D eigenvalue weighted by molar-refractivity contribution is 5.94. The van der Waals surface area contributed by atoms with Crippen LogP contribution in [-0.2, 0) is 0 Å². The molecule has 0 saturated heterocycles. The second-order valence-corrected chi connectivity index (χ2v) is 3.69. The van der Waals surface area contributed by atoms with Crippen LogP contribution in [0.15, 0.2) is 18.2 Å². The fraction of sp³-hybridized carbons (Fsp3) is 0.300. The lowest BCUT2D eigenvalue weighted by Gasteiger charge is -2.14. The number of carbonyl (C=O) groups excluding carboxylic acids is 1. The van der Waals surface area contributed by atoms with Gasteiger partial charge in [0.2, 0.25) is 5.82 Å². The molecule has 0 aliphatic carbocycles. The zero-order valence-corrected chi connectivity index (χ0v) is 9.65. The average Bonchev–Trinajstić information content (AvgIpc) is 2.34. The molecule has 10 heteroatoms. The lowest BCUT2D eigenvalue weighted by atomic mass is 10.2. The molecule has 20 heavy (non-hydrogen) atoms. The Hall–Kier alpha value is -2.23. The van der Waals surface area contributed by atoms with E-state index in [4.69, 9.17) is 5.11 Å². The van der Waals surface area contributed by atoms with Crippen LogP contribution in [0.5, 0.6) is 0 Å². The molecule has 110 valence electrons. The van der Waals surface area contributed by atoms with Gasteiger partial charge in [0.1, 0.15) is 0 Å². The van der Waals surface area contributed by atoms with E-state index in [0.717, 1.165) is 6.07 Å². The maximum atomic E-state index is 13.0. The molecule has 6 nitrogen and oxygen atoms in total. The number of alkyl halides is 3. The number of halogens is 4. The van der Waals surface area contributed by atoms with Crippen molar-refractivity contribution in [1.29, 1.82) is 0 Å². The van der Waals surface area contributed by atoms with Crippen molar-refractivity contribution in [3.8, 4) is 0 Å². The lowest BCUT2D eigenvalue weighted by molar-refractivity contribution is -0.387. The number of nitrogens with zero attached hydrogens (tertiary/aromatic N) is 1. The Morgan fingerprint density at radius 2 is 2.05 bits per heavy atom. The van der Waals surface area contributed by atoms with Gasteiger partial charge >= 0.3 is 11.9 Å². The number of nitro groups is 1. The molecule has 1 atom stereocenters. The summed E-state index contributed by atoms with van der Waals surface area (Å²) in [6.45, 7) is -1.12. The van der Waals surface area contributed by atoms with Crippen molar-refractivity contribution >= 4 is 11.6 Å². The topological polar surface area (TPSA) is 92.5 Å². The van der Waals surface area contributed by atoms with Crippen molar-refractivity contribution in [3.05, 3.63) is 39.7 Å². The van der Waals surface area contributed by atoms with E-state index in [9.17, 15) is 32.5 Å². The molecular formula is C10H8F4N2O4. The molecule has 1 amide bonds. The minimum atomic E-state index is -4.90. The van der Waals surface area contributed by atoms with Crippen LogP contribution in [-0.4, -0.2) is 34.8 Å². The van der Waals surface area contributed by atoms with Gasteiger partial charge < -0.3 is 10.4 Å². The van der Waals surface area contributed by atoms with Gasteiger partial charge in [0.25, 0.3) is 5.91 Å². The quantitative estimate of drug-likeness (QED) is 0.499. The van der Waals surface area contributed by atoms with Gasteiger partial charge in [-0.25, -0.2) is 0 Å². The van der Waals surface area contributed by atoms with Gasteiger partial charge in [-0.3, -0.25) is 14.9 Å². The summed E-state index contributed by atoms with van der Waals surface area (Å²) in [7, 11) is 0. The van der Waals surface area contributed by atoms with Crippen LogP contribution in [0.2, 0.25) is 0 Å². The number of benzene rings is 1. The summed E-state index contributed by atoms with van der Waals surface area (Å²) in [4.78, 5) is 20.8. The summed E-state index contributed by atoms with van der Waals surface area (Å²) in [6, 6.07) is 2.11. The predicted molar refractivity (Wildman–Crippen MR) is 57.4 cm³/mol. The number of hydrogen-bond acceptors (Lipinski definition) is 4. The minimum Gasteiger partial charge on any atom is -0.382 e. The molecule has 1 aromatic carbocycles. The van der Waals surface area contributed by atoms with Gasteiger partial charge in [-0.05, 0) is 12.1 Å². The first kappa shape index (κ1) is 15.8. The second-order valence-electron chi connectivity index (χ2n) is 3.69. The summed E-state index contributed by atoms with van der Waals surface area (Å²) in [5.41, 5.74) is -1.37. The van der Waals surface area contributed by atoms with Gasteiger partial charge in [0.05, 0.1) is 11.5 Å². The van der Waals surface area contributed by atoms with Gasteiger partial charge in [0, 0.05) is 11.6 Å². The third-order valence-electron chi connectivity index (χ3n) is 2.24. The third kappa shape index (κ3) is 3.88. The Kier molecular flexibility index (Phi) is 4.61. The van der Waals surface area contributed by atoms with Crippen LogP contribution in [0.3, 0.4) is 0 Å². The Morgan fingerprint density at radius 1 is 1.45 bits per heavy atom. The van der Waals surface area contributed by atoms with Crippen LogP contribution in [0.4, 0.5) is 23.2 Å². The number of hydrogen-bond donors (Lipinski definition) is 2. The van der Waals surface area contributed by atoms with Gasteiger partial charge in [-0.15, -0.1) is 0 Å². The Balaban J connectivity index is 2.79. The first-order valence-electron chi connectivity index (χ1n) is 5.10. The highest BCUT2D eigenvalue weighted by Gasteiger charge is 2.38. The number of nitrogens with one attached hydrogen (secondary N) is 1. The van der Waals surface area contributed by atoms with E-state index in [0.29, 0.717) is 12.1 Å². The monoisotopic (exact) mass is 296 g/mol. The summed E-state index contributed by atoms with van der Waals surface area (Å²) in [6.07, 6.45) is -7.66. The molecule has 0 fully saturated rings. The molecule has 1 unspecified atom stereocenters. The Labute approximate surface area is 109 Å². The average molecular weight is 296 g/mol. The van der Waals surface area contributed by atoms with E-state index in [1.807, 2.05) is 0 Å². The Bertz CT molecular complexity index is 532. The van der Waals surface area contributed by atoms with Crippen LogP contribution in [0.25, 0.3) is 0 Å². The normalized spacial score (nSPS) is 12.8. The number of rotatable bonds is 4. The molecule has 0 aliphatic rings. The van der Waals surface area contributed by atoms with E-state index >= 15 is 0 Å².